The van der Waals surface area contributed by atoms with Crippen LogP contribution in [0.2, 0.25) is 0 Å². The van der Waals surface area contributed by atoms with E-state index in [0.29, 0.717) is 19.7 Å². The molecule has 1 aliphatic heterocycles. The van der Waals surface area contributed by atoms with Crippen molar-refractivity contribution in [1.82, 2.24) is 10.3 Å². The monoisotopic (exact) mass is 392 g/mol. The Balaban J connectivity index is 1.72. The van der Waals surface area contributed by atoms with Crippen LogP contribution in [0.15, 0.2) is 65.9 Å². The highest BCUT2D eigenvalue weighted by molar-refractivity contribution is 5.81. The molecule has 2 aromatic rings. The summed E-state index contributed by atoms with van der Waals surface area (Å²) in [6, 6.07) is 10.9. The molecule has 1 aliphatic rings. The van der Waals surface area contributed by atoms with Crippen molar-refractivity contribution in [2.75, 3.05) is 19.7 Å². The van der Waals surface area contributed by atoms with Crippen LogP contribution in [0.4, 0.5) is 0 Å². The van der Waals surface area contributed by atoms with E-state index in [-0.39, 0.29) is 5.41 Å². The number of aliphatic imine (C=N–C) groups is 1. The number of rotatable bonds is 10. The van der Waals surface area contributed by atoms with Gasteiger partial charge in [-0.25, -0.2) is 0 Å². The average molecular weight is 393 g/mol. The van der Waals surface area contributed by atoms with Crippen molar-refractivity contribution in [3.63, 3.8) is 0 Å². The van der Waals surface area contributed by atoms with E-state index in [1.807, 2.05) is 48.8 Å². The Bertz CT molecular complexity index is 849. The fourth-order valence-electron chi connectivity index (χ4n) is 3.46. The Hall–Kier alpha value is -2.99. The smallest absolute Gasteiger partial charge is 0.239 e. The number of ether oxygens (including phenoxy) is 1. The van der Waals surface area contributed by atoms with Crippen LogP contribution in [0.1, 0.15) is 30.5 Å². The Morgan fingerprint density at radius 1 is 1.31 bits per heavy atom. The topological polar surface area (TPSA) is 89.6 Å². The molecule has 3 N–H and O–H groups in total. The van der Waals surface area contributed by atoms with Gasteiger partial charge in [-0.2, -0.15) is 0 Å². The van der Waals surface area contributed by atoms with Gasteiger partial charge in [-0.05, 0) is 48.2 Å². The van der Waals surface area contributed by atoms with Crippen molar-refractivity contribution in [2.24, 2.45) is 16.1 Å². The summed E-state index contributed by atoms with van der Waals surface area (Å²) in [5.74, 6) is 0.378. The molecular formula is C23H28N4O2. The number of aromatic nitrogens is 1. The van der Waals surface area contributed by atoms with Gasteiger partial charge in [0.1, 0.15) is 11.8 Å². The molecule has 3 rings (SSSR count). The second kappa shape index (κ2) is 9.98. The minimum atomic E-state index is -0.583. The van der Waals surface area contributed by atoms with Gasteiger partial charge >= 0.3 is 0 Å². The summed E-state index contributed by atoms with van der Waals surface area (Å²) in [6.45, 7) is 3.94. The number of carbonyl (C=O) groups is 1. The van der Waals surface area contributed by atoms with Gasteiger partial charge in [0.15, 0.2) is 0 Å². The first kappa shape index (κ1) is 20.7. The molecule has 6 nitrogen and oxygen atoms in total. The van der Waals surface area contributed by atoms with E-state index >= 15 is 0 Å². The van der Waals surface area contributed by atoms with Crippen LogP contribution in [0.25, 0.3) is 0 Å². The van der Waals surface area contributed by atoms with Gasteiger partial charge in [-0.3, -0.25) is 14.8 Å². The van der Waals surface area contributed by atoms with Crippen molar-refractivity contribution >= 4 is 12.1 Å². The molecule has 0 fully saturated rings. The van der Waals surface area contributed by atoms with Crippen LogP contribution in [-0.4, -0.2) is 36.8 Å². The number of primary amides is 1. The maximum Gasteiger partial charge on any atom is 0.239 e. The summed E-state index contributed by atoms with van der Waals surface area (Å²) >= 11 is 0. The zero-order valence-corrected chi connectivity index (χ0v) is 16.8. The standard InChI is InChI=1S/C23H28N4O2/c1-2-13-29-20-8-6-19(7-9-20)21(22(24)28)27-17-23(10-4-12-26-16-23)14-18-5-3-11-25-15-18/h3-12,15,21,27H,2,13-14,16-17H2,1H3,(H2,24,28). The van der Waals surface area contributed by atoms with Gasteiger partial charge in [0.2, 0.25) is 5.91 Å². The third-order valence-electron chi connectivity index (χ3n) is 4.96. The lowest BCUT2D eigenvalue weighted by molar-refractivity contribution is -0.120. The van der Waals surface area contributed by atoms with Gasteiger partial charge in [0.05, 0.1) is 6.61 Å². The van der Waals surface area contributed by atoms with E-state index in [0.717, 1.165) is 29.7 Å². The SMILES string of the molecule is CCCOc1ccc(C(NCC2(Cc3cccnc3)C=CC=NC2)C(N)=O)cc1. The number of nitrogens with zero attached hydrogens (tertiary/aromatic N) is 2. The van der Waals surface area contributed by atoms with E-state index in [1.54, 1.807) is 6.20 Å². The van der Waals surface area contributed by atoms with Crippen LogP contribution >= 0.6 is 0 Å². The van der Waals surface area contributed by atoms with E-state index < -0.39 is 11.9 Å². The Labute approximate surface area is 171 Å². The molecule has 0 bridgehead atoms. The molecule has 1 aromatic carbocycles. The van der Waals surface area contributed by atoms with Crippen LogP contribution < -0.4 is 15.8 Å². The summed E-state index contributed by atoms with van der Waals surface area (Å²) in [7, 11) is 0. The van der Waals surface area contributed by atoms with E-state index in [4.69, 9.17) is 10.5 Å². The van der Waals surface area contributed by atoms with Crippen molar-refractivity contribution in [3.05, 3.63) is 72.1 Å². The molecule has 2 heterocycles. The third kappa shape index (κ3) is 5.74. The quantitative estimate of drug-likeness (QED) is 0.651. The highest BCUT2D eigenvalue weighted by Crippen LogP contribution is 2.28. The van der Waals surface area contributed by atoms with Crippen molar-refractivity contribution in [1.29, 1.82) is 0 Å². The lowest BCUT2D eigenvalue weighted by atomic mass is 9.80. The number of hydrogen-bond acceptors (Lipinski definition) is 5. The molecule has 0 radical (unpaired) electrons. The Kier molecular flexibility index (Phi) is 7.14. The van der Waals surface area contributed by atoms with Gasteiger partial charge in [-0.1, -0.05) is 31.2 Å². The van der Waals surface area contributed by atoms with Gasteiger partial charge in [0, 0.05) is 37.1 Å². The fourth-order valence-corrected chi connectivity index (χ4v) is 3.46. The van der Waals surface area contributed by atoms with Crippen molar-refractivity contribution < 1.29 is 9.53 Å². The zero-order chi connectivity index (χ0) is 20.5. The fraction of sp³-hybridized carbons (Fsp3) is 0.348. The normalized spacial score (nSPS) is 19.1. The van der Waals surface area contributed by atoms with Gasteiger partial charge in [0.25, 0.3) is 0 Å². The maximum absolute atomic E-state index is 12.2. The summed E-state index contributed by atoms with van der Waals surface area (Å²) in [5.41, 5.74) is 7.42. The summed E-state index contributed by atoms with van der Waals surface area (Å²) in [5, 5.41) is 3.37. The molecule has 0 spiro atoms. The summed E-state index contributed by atoms with van der Waals surface area (Å²) < 4.78 is 5.62. The first-order valence-corrected chi connectivity index (χ1v) is 9.94. The molecule has 0 aliphatic carbocycles. The predicted octanol–water partition coefficient (Wildman–Crippen LogP) is 2.86. The van der Waals surface area contributed by atoms with Crippen LogP contribution in [0.3, 0.4) is 0 Å². The third-order valence-corrected chi connectivity index (χ3v) is 4.96. The number of nitrogens with one attached hydrogen (secondary N) is 1. The first-order valence-electron chi connectivity index (χ1n) is 9.94. The van der Waals surface area contributed by atoms with Crippen molar-refractivity contribution in [3.8, 4) is 5.75 Å². The minimum absolute atomic E-state index is 0.240. The number of nitrogens with two attached hydrogens (primary N) is 1. The number of pyridine rings is 1. The van der Waals surface area contributed by atoms with Crippen LogP contribution in [0.5, 0.6) is 5.75 Å². The number of benzene rings is 1. The lowest BCUT2D eigenvalue weighted by Gasteiger charge is -2.32. The molecule has 152 valence electrons. The lowest BCUT2D eigenvalue weighted by Crippen LogP contribution is -2.43. The summed E-state index contributed by atoms with van der Waals surface area (Å²) in [6.07, 6.45) is 11.3. The second-order valence-electron chi connectivity index (χ2n) is 7.38. The Morgan fingerprint density at radius 3 is 2.76 bits per heavy atom. The van der Waals surface area contributed by atoms with E-state index in [1.165, 1.54) is 0 Å². The minimum Gasteiger partial charge on any atom is -0.494 e. The summed E-state index contributed by atoms with van der Waals surface area (Å²) in [4.78, 5) is 20.8. The zero-order valence-electron chi connectivity index (χ0n) is 16.8. The van der Waals surface area contributed by atoms with E-state index in [2.05, 4.69) is 34.4 Å². The highest BCUT2D eigenvalue weighted by Gasteiger charge is 2.31. The van der Waals surface area contributed by atoms with Crippen LogP contribution in [-0.2, 0) is 11.2 Å². The second-order valence-corrected chi connectivity index (χ2v) is 7.38. The molecule has 1 aromatic heterocycles. The average Bonchev–Trinajstić information content (AvgIpc) is 2.74. The number of dihydropyridines is 1. The largest absolute Gasteiger partial charge is 0.494 e. The first-order chi connectivity index (χ1) is 14.1. The number of allylic oxidation sites excluding steroid dienone is 1. The molecule has 0 saturated carbocycles. The number of amides is 1. The van der Waals surface area contributed by atoms with Crippen molar-refractivity contribution in [2.45, 2.75) is 25.8 Å². The van der Waals surface area contributed by atoms with Crippen LogP contribution in [0, 0.1) is 5.41 Å². The molecule has 2 atom stereocenters. The molecule has 1 amide bonds. The molecule has 0 saturated heterocycles. The number of carbonyl (C=O) groups excluding carboxylic acids is 1. The van der Waals surface area contributed by atoms with E-state index in [9.17, 15) is 4.79 Å². The van der Waals surface area contributed by atoms with Gasteiger partial charge < -0.3 is 15.8 Å². The molecule has 29 heavy (non-hydrogen) atoms. The molecular weight excluding hydrogens is 364 g/mol. The predicted molar refractivity (Wildman–Crippen MR) is 115 cm³/mol. The maximum atomic E-state index is 12.2. The van der Waals surface area contributed by atoms with Gasteiger partial charge in [-0.15, -0.1) is 0 Å². The highest BCUT2D eigenvalue weighted by atomic mass is 16.5. The Morgan fingerprint density at radius 2 is 2.14 bits per heavy atom. The number of hydrogen-bond donors (Lipinski definition) is 2. The molecule has 6 heteroatoms. The molecule has 2 unspecified atom stereocenters.